The van der Waals surface area contributed by atoms with Crippen LogP contribution in [0, 0.1) is 13.8 Å². The van der Waals surface area contributed by atoms with E-state index in [1.54, 1.807) is 0 Å². The Bertz CT molecular complexity index is 721. The number of benzene rings is 1. The highest BCUT2D eigenvalue weighted by molar-refractivity contribution is 5.79. The van der Waals surface area contributed by atoms with E-state index in [1.807, 2.05) is 61.5 Å². The minimum Gasteiger partial charge on any atom is -0.375 e. The van der Waals surface area contributed by atoms with Gasteiger partial charge in [-0.3, -0.25) is 4.79 Å². The van der Waals surface area contributed by atoms with Crippen LogP contribution in [0.25, 0.3) is 5.69 Å². The van der Waals surface area contributed by atoms with Crippen LogP contribution in [-0.2, 0) is 16.0 Å². The van der Waals surface area contributed by atoms with Gasteiger partial charge in [-0.15, -0.1) is 0 Å². The van der Waals surface area contributed by atoms with Gasteiger partial charge in [0.15, 0.2) is 0 Å². The lowest BCUT2D eigenvalue weighted by Gasteiger charge is -2.37. The van der Waals surface area contributed by atoms with E-state index in [1.165, 1.54) is 0 Å². The van der Waals surface area contributed by atoms with Crippen molar-refractivity contribution >= 4 is 5.91 Å². The maximum atomic E-state index is 12.6. The second kappa shape index (κ2) is 6.77. The van der Waals surface area contributed by atoms with Gasteiger partial charge in [0.2, 0.25) is 5.91 Å². The molecule has 1 saturated heterocycles. The van der Waals surface area contributed by atoms with Gasteiger partial charge in [0.25, 0.3) is 0 Å². The summed E-state index contributed by atoms with van der Waals surface area (Å²) in [6.07, 6.45) is 0.535. The first kappa shape index (κ1) is 16.7. The highest BCUT2D eigenvalue weighted by Gasteiger charge is 2.27. The maximum absolute atomic E-state index is 12.6. The van der Waals surface area contributed by atoms with Crippen LogP contribution in [0.4, 0.5) is 0 Å². The van der Waals surface area contributed by atoms with Crippen LogP contribution in [0.15, 0.2) is 30.3 Å². The third-order valence-electron chi connectivity index (χ3n) is 4.47. The van der Waals surface area contributed by atoms with Crippen molar-refractivity contribution in [3.8, 4) is 5.69 Å². The standard InChI is InChI=1S/C19H25N3O2/c1-13-9-14(2)22(20-13)18-7-5-17(6-8-18)10-19(23)21-11-16(4)24-12-15(21)3/h5-9,15-16H,10-12H2,1-4H3/t15-,16-/m0/s1. The average Bonchev–Trinajstić information content (AvgIpc) is 2.89. The number of carbonyl (C=O) groups is 1. The molecule has 2 heterocycles. The molecule has 1 fully saturated rings. The van der Waals surface area contributed by atoms with Crippen LogP contribution in [0.3, 0.4) is 0 Å². The summed E-state index contributed by atoms with van der Waals surface area (Å²) in [6.45, 7) is 9.36. The van der Waals surface area contributed by atoms with Gasteiger partial charge < -0.3 is 9.64 Å². The smallest absolute Gasteiger partial charge is 0.227 e. The summed E-state index contributed by atoms with van der Waals surface area (Å²) in [5, 5.41) is 4.49. The van der Waals surface area contributed by atoms with Crippen molar-refractivity contribution in [2.45, 2.75) is 46.3 Å². The first-order chi connectivity index (χ1) is 11.4. The van der Waals surface area contributed by atoms with E-state index in [2.05, 4.69) is 11.2 Å². The summed E-state index contributed by atoms with van der Waals surface area (Å²) in [5.41, 5.74) is 4.15. The molecule has 5 nitrogen and oxygen atoms in total. The minimum absolute atomic E-state index is 0.110. The van der Waals surface area contributed by atoms with Crippen LogP contribution in [0.2, 0.25) is 0 Å². The van der Waals surface area contributed by atoms with E-state index < -0.39 is 0 Å². The minimum atomic E-state index is 0.110. The summed E-state index contributed by atoms with van der Waals surface area (Å²) in [4.78, 5) is 14.5. The molecule has 2 atom stereocenters. The lowest BCUT2D eigenvalue weighted by Crippen LogP contribution is -2.50. The summed E-state index contributed by atoms with van der Waals surface area (Å²) in [7, 11) is 0. The van der Waals surface area contributed by atoms with Crippen LogP contribution in [0.5, 0.6) is 0 Å². The third-order valence-corrected chi connectivity index (χ3v) is 4.47. The number of ether oxygens (including phenoxy) is 1. The fourth-order valence-electron chi connectivity index (χ4n) is 3.17. The van der Waals surface area contributed by atoms with Crippen LogP contribution in [-0.4, -0.2) is 45.9 Å². The molecule has 0 spiro atoms. The quantitative estimate of drug-likeness (QED) is 0.871. The molecule has 1 aromatic heterocycles. The van der Waals surface area contributed by atoms with E-state index in [0.717, 1.165) is 22.6 Å². The molecule has 1 amide bonds. The lowest BCUT2D eigenvalue weighted by molar-refractivity contribution is -0.142. The predicted octanol–water partition coefficient (Wildman–Crippen LogP) is 2.67. The Morgan fingerprint density at radius 1 is 1.25 bits per heavy atom. The van der Waals surface area contributed by atoms with Crippen molar-refractivity contribution in [3.63, 3.8) is 0 Å². The Labute approximate surface area is 143 Å². The van der Waals surface area contributed by atoms with E-state index >= 15 is 0 Å². The normalized spacial score (nSPS) is 21.1. The molecular weight excluding hydrogens is 302 g/mol. The predicted molar refractivity (Wildman–Crippen MR) is 93.3 cm³/mol. The molecule has 0 bridgehead atoms. The number of amides is 1. The van der Waals surface area contributed by atoms with Crippen molar-refractivity contribution in [2.75, 3.05) is 13.2 Å². The molecular formula is C19H25N3O2. The molecule has 5 heteroatoms. The summed E-state index contributed by atoms with van der Waals surface area (Å²) >= 11 is 0. The Morgan fingerprint density at radius 3 is 2.58 bits per heavy atom. The highest BCUT2D eigenvalue weighted by atomic mass is 16.5. The van der Waals surface area contributed by atoms with Crippen LogP contribution >= 0.6 is 0 Å². The molecule has 0 saturated carbocycles. The average molecular weight is 327 g/mol. The van der Waals surface area contributed by atoms with E-state index in [-0.39, 0.29) is 18.1 Å². The zero-order chi connectivity index (χ0) is 17.3. The van der Waals surface area contributed by atoms with Gasteiger partial charge in [0.1, 0.15) is 0 Å². The number of morpholine rings is 1. The summed E-state index contributed by atoms with van der Waals surface area (Å²) in [5.74, 6) is 0.163. The molecule has 24 heavy (non-hydrogen) atoms. The lowest BCUT2D eigenvalue weighted by atomic mass is 10.1. The van der Waals surface area contributed by atoms with E-state index in [0.29, 0.717) is 19.6 Å². The van der Waals surface area contributed by atoms with Gasteiger partial charge >= 0.3 is 0 Å². The topological polar surface area (TPSA) is 47.4 Å². The molecule has 0 radical (unpaired) electrons. The Hall–Kier alpha value is -2.14. The fourth-order valence-corrected chi connectivity index (χ4v) is 3.17. The molecule has 128 valence electrons. The van der Waals surface area contributed by atoms with Crippen LogP contribution in [0.1, 0.15) is 30.8 Å². The second-order valence-electron chi connectivity index (χ2n) is 6.72. The number of hydrogen-bond acceptors (Lipinski definition) is 3. The molecule has 1 aromatic carbocycles. The van der Waals surface area contributed by atoms with E-state index in [9.17, 15) is 4.79 Å². The SMILES string of the molecule is Cc1cc(C)n(-c2ccc(CC(=O)N3C[C@H](C)OC[C@@H]3C)cc2)n1. The first-order valence-electron chi connectivity index (χ1n) is 8.47. The number of nitrogens with zero attached hydrogens (tertiary/aromatic N) is 3. The number of hydrogen-bond donors (Lipinski definition) is 0. The summed E-state index contributed by atoms with van der Waals surface area (Å²) < 4.78 is 7.52. The Balaban J connectivity index is 1.70. The van der Waals surface area contributed by atoms with Gasteiger partial charge in [0.05, 0.1) is 36.6 Å². The molecule has 0 aliphatic carbocycles. The highest BCUT2D eigenvalue weighted by Crippen LogP contribution is 2.16. The van der Waals surface area contributed by atoms with E-state index in [4.69, 9.17) is 4.74 Å². The zero-order valence-electron chi connectivity index (χ0n) is 14.8. The number of rotatable bonds is 3. The van der Waals surface area contributed by atoms with Gasteiger partial charge in [-0.2, -0.15) is 5.10 Å². The van der Waals surface area contributed by atoms with Crippen molar-refractivity contribution in [2.24, 2.45) is 0 Å². The van der Waals surface area contributed by atoms with Gasteiger partial charge in [-0.25, -0.2) is 4.68 Å². The maximum Gasteiger partial charge on any atom is 0.227 e. The summed E-state index contributed by atoms with van der Waals surface area (Å²) in [6, 6.07) is 10.3. The van der Waals surface area contributed by atoms with Gasteiger partial charge in [-0.05, 0) is 51.5 Å². The van der Waals surface area contributed by atoms with Crippen LogP contribution < -0.4 is 0 Å². The Morgan fingerprint density at radius 2 is 1.96 bits per heavy atom. The van der Waals surface area contributed by atoms with Crippen molar-refractivity contribution in [1.82, 2.24) is 14.7 Å². The van der Waals surface area contributed by atoms with Crippen molar-refractivity contribution in [1.29, 1.82) is 0 Å². The monoisotopic (exact) mass is 327 g/mol. The molecule has 3 rings (SSSR count). The molecule has 1 aliphatic heterocycles. The number of carbonyl (C=O) groups excluding carboxylic acids is 1. The number of aromatic nitrogens is 2. The largest absolute Gasteiger partial charge is 0.375 e. The number of aryl methyl sites for hydroxylation is 2. The van der Waals surface area contributed by atoms with Crippen molar-refractivity contribution in [3.05, 3.63) is 47.3 Å². The third kappa shape index (κ3) is 3.51. The zero-order valence-corrected chi connectivity index (χ0v) is 14.8. The fraction of sp³-hybridized carbons (Fsp3) is 0.474. The molecule has 2 aromatic rings. The van der Waals surface area contributed by atoms with Crippen molar-refractivity contribution < 1.29 is 9.53 Å². The first-order valence-corrected chi connectivity index (χ1v) is 8.47. The second-order valence-corrected chi connectivity index (χ2v) is 6.72. The molecule has 1 aliphatic rings. The Kier molecular flexibility index (Phi) is 4.71. The van der Waals surface area contributed by atoms with Gasteiger partial charge in [0, 0.05) is 12.2 Å². The molecule has 0 N–H and O–H groups in total. The molecule has 0 unspecified atom stereocenters. The van der Waals surface area contributed by atoms with Gasteiger partial charge in [-0.1, -0.05) is 12.1 Å².